The highest BCUT2D eigenvalue weighted by Gasteiger charge is 2.37. The number of fused-ring (bicyclic) bond motifs is 1. The summed E-state index contributed by atoms with van der Waals surface area (Å²) in [7, 11) is 0. The summed E-state index contributed by atoms with van der Waals surface area (Å²) in [5.74, 6) is -0.224. The summed E-state index contributed by atoms with van der Waals surface area (Å²) in [6.07, 6.45) is -0.0323. The third-order valence-electron chi connectivity index (χ3n) is 5.44. The Balaban J connectivity index is 1.54. The van der Waals surface area contributed by atoms with Crippen molar-refractivity contribution >= 4 is 17.7 Å². The molecule has 0 aromatic heterocycles. The molecule has 0 saturated heterocycles. The summed E-state index contributed by atoms with van der Waals surface area (Å²) >= 11 is 0. The van der Waals surface area contributed by atoms with Gasteiger partial charge in [-0.15, -0.1) is 0 Å². The van der Waals surface area contributed by atoms with Crippen molar-refractivity contribution in [2.45, 2.75) is 45.4 Å². The highest BCUT2D eigenvalue weighted by molar-refractivity contribution is 5.97. The monoisotopic (exact) mass is 428 g/mol. The topological polar surface area (TPSA) is 58.6 Å². The van der Waals surface area contributed by atoms with E-state index in [1.165, 1.54) is 4.90 Å². The van der Waals surface area contributed by atoms with E-state index in [1.807, 2.05) is 99.6 Å². The van der Waals surface area contributed by atoms with Crippen molar-refractivity contribution in [1.82, 2.24) is 4.90 Å². The second-order valence-electron chi connectivity index (χ2n) is 9.03. The van der Waals surface area contributed by atoms with Crippen molar-refractivity contribution in [2.75, 3.05) is 5.32 Å². The molecule has 32 heavy (non-hydrogen) atoms. The zero-order valence-electron chi connectivity index (χ0n) is 18.7. The Morgan fingerprint density at radius 3 is 2.09 bits per heavy atom. The van der Waals surface area contributed by atoms with E-state index in [1.54, 1.807) is 0 Å². The van der Waals surface area contributed by atoms with Crippen molar-refractivity contribution in [2.24, 2.45) is 0 Å². The number of anilines is 1. The summed E-state index contributed by atoms with van der Waals surface area (Å²) in [6.45, 7) is 5.82. The summed E-state index contributed by atoms with van der Waals surface area (Å²) in [6, 6.07) is 25.1. The molecule has 3 aromatic rings. The second-order valence-corrected chi connectivity index (χ2v) is 9.03. The van der Waals surface area contributed by atoms with Crippen LogP contribution in [0, 0.1) is 0 Å². The minimum Gasteiger partial charge on any atom is -0.444 e. The molecule has 0 radical (unpaired) electrons. The van der Waals surface area contributed by atoms with Crippen LogP contribution in [0.1, 0.15) is 31.9 Å². The van der Waals surface area contributed by atoms with Crippen LogP contribution in [-0.4, -0.2) is 28.5 Å². The van der Waals surface area contributed by atoms with Crippen LogP contribution in [0.4, 0.5) is 10.5 Å². The van der Waals surface area contributed by atoms with E-state index in [0.29, 0.717) is 18.7 Å². The lowest BCUT2D eigenvalue weighted by atomic mass is 9.93. The molecule has 1 aliphatic heterocycles. The average molecular weight is 429 g/mol. The minimum atomic E-state index is -0.645. The number of hydrogen-bond acceptors (Lipinski definition) is 3. The van der Waals surface area contributed by atoms with Crippen molar-refractivity contribution in [3.8, 4) is 11.1 Å². The summed E-state index contributed by atoms with van der Waals surface area (Å²) < 4.78 is 5.59. The Morgan fingerprint density at radius 1 is 0.844 bits per heavy atom. The maximum atomic E-state index is 13.3. The molecular formula is C27H28N2O3. The first-order valence-electron chi connectivity index (χ1n) is 10.8. The van der Waals surface area contributed by atoms with Crippen LogP contribution in [0.15, 0.2) is 78.9 Å². The van der Waals surface area contributed by atoms with Gasteiger partial charge in [0.15, 0.2) is 0 Å². The average Bonchev–Trinajstić information content (AvgIpc) is 2.78. The van der Waals surface area contributed by atoms with Crippen molar-refractivity contribution in [1.29, 1.82) is 0 Å². The highest BCUT2D eigenvalue weighted by atomic mass is 16.6. The zero-order valence-corrected chi connectivity index (χ0v) is 18.7. The van der Waals surface area contributed by atoms with E-state index in [9.17, 15) is 9.59 Å². The van der Waals surface area contributed by atoms with Crippen molar-refractivity contribution in [3.63, 3.8) is 0 Å². The molecule has 0 unspecified atom stereocenters. The van der Waals surface area contributed by atoms with Gasteiger partial charge in [-0.3, -0.25) is 9.69 Å². The van der Waals surface area contributed by atoms with Gasteiger partial charge < -0.3 is 10.1 Å². The highest BCUT2D eigenvalue weighted by Crippen LogP contribution is 2.27. The van der Waals surface area contributed by atoms with Crippen molar-refractivity contribution < 1.29 is 14.3 Å². The number of amides is 2. The molecule has 0 aliphatic carbocycles. The molecule has 1 aliphatic rings. The van der Waals surface area contributed by atoms with E-state index in [4.69, 9.17) is 4.74 Å². The van der Waals surface area contributed by atoms with Gasteiger partial charge in [-0.1, -0.05) is 66.7 Å². The van der Waals surface area contributed by atoms with Crippen LogP contribution < -0.4 is 5.32 Å². The molecule has 1 atom stereocenters. The fourth-order valence-electron chi connectivity index (χ4n) is 3.87. The van der Waals surface area contributed by atoms with Crippen LogP contribution in [-0.2, 0) is 22.5 Å². The molecule has 0 bridgehead atoms. The Bertz CT molecular complexity index is 1100. The Hall–Kier alpha value is -3.60. The van der Waals surface area contributed by atoms with Gasteiger partial charge in [0, 0.05) is 12.1 Å². The molecule has 5 nitrogen and oxygen atoms in total. The smallest absolute Gasteiger partial charge is 0.411 e. The molecule has 2 amide bonds. The molecule has 1 heterocycles. The summed E-state index contributed by atoms with van der Waals surface area (Å²) in [4.78, 5) is 27.7. The first-order chi connectivity index (χ1) is 15.3. The molecule has 0 fully saturated rings. The van der Waals surface area contributed by atoms with Gasteiger partial charge in [0.25, 0.3) is 0 Å². The number of nitrogens with one attached hydrogen (secondary N) is 1. The fraction of sp³-hybridized carbons (Fsp3) is 0.259. The molecule has 3 aromatic carbocycles. The van der Waals surface area contributed by atoms with Gasteiger partial charge in [0.05, 0.1) is 6.54 Å². The number of rotatable bonds is 3. The molecule has 4 rings (SSSR count). The van der Waals surface area contributed by atoms with Gasteiger partial charge in [0.1, 0.15) is 11.6 Å². The van der Waals surface area contributed by atoms with E-state index < -0.39 is 17.7 Å². The van der Waals surface area contributed by atoms with Gasteiger partial charge >= 0.3 is 6.09 Å². The van der Waals surface area contributed by atoms with Gasteiger partial charge in [-0.2, -0.15) is 0 Å². The van der Waals surface area contributed by atoms with Gasteiger partial charge in [-0.05, 0) is 55.2 Å². The lowest BCUT2D eigenvalue weighted by molar-refractivity contribution is -0.121. The van der Waals surface area contributed by atoms with Crippen LogP contribution in [0.3, 0.4) is 0 Å². The van der Waals surface area contributed by atoms with E-state index in [2.05, 4.69) is 5.32 Å². The molecule has 0 saturated carbocycles. The predicted molar refractivity (Wildman–Crippen MR) is 126 cm³/mol. The maximum absolute atomic E-state index is 13.3. The zero-order chi connectivity index (χ0) is 22.7. The van der Waals surface area contributed by atoms with E-state index in [-0.39, 0.29) is 5.91 Å². The Labute approximate surface area is 189 Å². The van der Waals surface area contributed by atoms with Crippen LogP contribution in [0.25, 0.3) is 11.1 Å². The second kappa shape index (κ2) is 8.87. The lowest BCUT2D eigenvalue weighted by Gasteiger charge is -2.36. The van der Waals surface area contributed by atoms with Gasteiger partial charge in [-0.25, -0.2) is 4.79 Å². The first-order valence-corrected chi connectivity index (χ1v) is 10.8. The van der Waals surface area contributed by atoms with E-state index >= 15 is 0 Å². The maximum Gasteiger partial charge on any atom is 0.411 e. The summed E-state index contributed by atoms with van der Waals surface area (Å²) in [5, 5.41) is 2.98. The number of benzene rings is 3. The van der Waals surface area contributed by atoms with Crippen molar-refractivity contribution in [3.05, 3.63) is 90.0 Å². The van der Waals surface area contributed by atoms with Gasteiger partial charge in [0.2, 0.25) is 5.91 Å². The summed E-state index contributed by atoms with van der Waals surface area (Å²) in [5.41, 5.74) is 4.36. The quantitative estimate of drug-likeness (QED) is 0.586. The fourth-order valence-corrected chi connectivity index (χ4v) is 3.87. The number of hydrogen-bond donors (Lipinski definition) is 1. The normalized spacial score (nSPS) is 15.6. The SMILES string of the molecule is CC(C)(C)OC(=O)N1Cc2ccccc2C[C@H]1C(=O)Nc1ccc(-c2ccccc2)cc1. The third-order valence-corrected chi connectivity index (χ3v) is 5.44. The molecule has 164 valence electrons. The Kier molecular flexibility index (Phi) is 5.99. The van der Waals surface area contributed by atoms with Crippen LogP contribution in [0.5, 0.6) is 0 Å². The van der Waals surface area contributed by atoms with E-state index in [0.717, 1.165) is 22.3 Å². The number of nitrogens with zero attached hydrogens (tertiary/aromatic N) is 1. The molecular weight excluding hydrogens is 400 g/mol. The lowest BCUT2D eigenvalue weighted by Crippen LogP contribution is -2.52. The van der Waals surface area contributed by atoms with Crippen LogP contribution in [0.2, 0.25) is 0 Å². The third kappa shape index (κ3) is 4.99. The number of carbonyl (C=O) groups is 2. The van der Waals surface area contributed by atoms with Crippen LogP contribution >= 0.6 is 0 Å². The molecule has 5 heteroatoms. The standard InChI is InChI=1S/C27H28N2O3/c1-27(2,3)32-26(31)29-18-22-12-8-7-11-21(22)17-24(29)25(30)28-23-15-13-20(14-16-23)19-9-5-4-6-10-19/h4-16,24H,17-18H2,1-3H3,(H,28,30)/t24-/m0/s1. The number of carbonyl (C=O) groups excluding carboxylic acids is 2. The molecule has 1 N–H and O–H groups in total. The molecule has 0 spiro atoms. The predicted octanol–water partition coefficient (Wildman–Crippen LogP) is 5.65. The minimum absolute atomic E-state index is 0.224. The first kappa shape index (κ1) is 21.6. The largest absolute Gasteiger partial charge is 0.444 e. The number of ether oxygens (including phenoxy) is 1. The Morgan fingerprint density at radius 2 is 1.44 bits per heavy atom.